The van der Waals surface area contributed by atoms with Crippen LogP contribution < -0.4 is 10.1 Å². The van der Waals surface area contributed by atoms with Gasteiger partial charge in [0.2, 0.25) is 0 Å². The summed E-state index contributed by atoms with van der Waals surface area (Å²) in [6.45, 7) is 1.17. The van der Waals surface area contributed by atoms with Gasteiger partial charge in [-0.2, -0.15) is 0 Å². The number of benzene rings is 1. The summed E-state index contributed by atoms with van der Waals surface area (Å²) in [4.78, 5) is 12.3. The summed E-state index contributed by atoms with van der Waals surface area (Å²) in [5.41, 5.74) is -0.0637. The number of hydrogen-bond acceptors (Lipinski definition) is 4. The van der Waals surface area contributed by atoms with Crippen molar-refractivity contribution in [2.45, 2.75) is 18.4 Å². The summed E-state index contributed by atoms with van der Waals surface area (Å²) in [5, 5.41) is 12.7. The molecule has 1 aromatic rings. The van der Waals surface area contributed by atoms with E-state index in [1.54, 1.807) is 12.1 Å². The van der Waals surface area contributed by atoms with Gasteiger partial charge in [0.15, 0.2) is 11.5 Å². The Morgan fingerprint density at radius 2 is 2.20 bits per heavy atom. The number of rotatable bonds is 4. The number of ether oxygens (including phenoxy) is 2. The molecule has 0 radical (unpaired) electrons. The highest BCUT2D eigenvalue weighted by Gasteiger charge is 2.33. The summed E-state index contributed by atoms with van der Waals surface area (Å²) >= 11 is 6.01. The second kappa shape index (κ2) is 6.33. The highest BCUT2D eigenvalue weighted by molar-refractivity contribution is 6.19. The van der Waals surface area contributed by atoms with Crippen molar-refractivity contribution in [3.8, 4) is 11.5 Å². The van der Waals surface area contributed by atoms with E-state index in [-0.39, 0.29) is 11.7 Å². The van der Waals surface area contributed by atoms with Gasteiger partial charge in [-0.25, -0.2) is 0 Å². The Kier molecular flexibility index (Phi) is 4.73. The third-order valence-electron chi connectivity index (χ3n) is 3.53. The van der Waals surface area contributed by atoms with Gasteiger partial charge in [0, 0.05) is 24.7 Å². The second-order valence-corrected chi connectivity index (χ2v) is 5.13. The first-order chi connectivity index (χ1) is 9.60. The van der Waals surface area contributed by atoms with E-state index in [0.29, 0.717) is 43.2 Å². The Morgan fingerprint density at radius 3 is 2.75 bits per heavy atom. The molecule has 0 saturated carbocycles. The predicted octanol–water partition coefficient (Wildman–Crippen LogP) is 1.92. The number of halogens is 1. The first-order valence-electron chi connectivity index (χ1n) is 6.43. The quantitative estimate of drug-likeness (QED) is 0.834. The highest BCUT2D eigenvalue weighted by atomic mass is 35.5. The van der Waals surface area contributed by atoms with E-state index in [1.807, 2.05) is 0 Å². The third kappa shape index (κ3) is 3.16. The largest absolute Gasteiger partial charge is 0.504 e. The van der Waals surface area contributed by atoms with Gasteiger partial charge < -0.3 is 19.9 Å². The Labute approximate surface area is 122 Å². The molecular weight excluding hydrogens is 282 g/mol. The number of amides is 1. The Balaban J connectivity index is 2.12. The van der Waals surface area contributed by atoms with Crippen LogP contribution in [0.4, 0.5) is 0 Å². The van der Waals surface area contributed by atoms with Gasteiger partial charge in [-0.3, -0.25) is 4.79 Å². The van der Waals surface area contributed by atoms with Crippen molar-refractivity contribution < 1.29 is 19.4 Å². The van der Waals surface area contributed by atoms with Crippen molar-refractivity contribution >= 4 is 17.5 Å². The number of phenols is 1. The average molecular weight is 300 g/mol. The number of alkyl halides is 1. The van der Waals surface area contributed by atoms with Crippen LogP contribution in [0.5, 0.6) is 11.5 Å². The van der Waals surface area contributed by atoms with Crippen molar-refractivity contribution in [1.82, 2.24) is 5.32 Å². The van der Waals surface area contributed by atoms with Crippen LogP contribution in [0.1, 0.15) is 23.2 Å². The van der Waals surface area contributed by atoms with Crippen LogP contribution in [-0.4, -0.2) is 42.8 Å². The first-order valence-corrected chi connectivity index (χ1v) is 6.97. The fraction of sp³-hybridized carbons (Fsp3) is 0.500. The summed E-state index contributed by atoms with van der Waals surface area (Å²) in [7, 11) is 1.46. The van der Waals surface area contributed by atoms with Gasteiger partial charge in [-0.1, -0.05) is 0 Å². The molecule has 0 unspecified atom stereocenters. The van der Waals surface area contributed by atoms with Gasteiger partial charge in [0.1, 0.15) is 0 Å². The molecule has 5 nitrogen and oxygen atoms in total. The Hall–Kier alpha value is -1.46. The van der Waals surface area contributed by atoms with Crippen molar-refractivity contribution in [2.24, 2.45) is 0 Å². The maximum absolute atomic E-state index is 12.3. The van der Waals surface area contributed by atoms with Crippen molar-refractivity contribution in [3.05, 3.63) is 23.8 Å². The number of methoxy groups -OCH3 is 1. The lowest BCUT2D eigenvalue weighted by Crippen LogP contribution is -2.53. The van der Waals surface area contributed by atoms with Crippen LogP contribution in [-0.2, 0) is 4.74 Å². The minimum absolute atomic E-state index is 0.0629. The van der Waals surface area contributed by atoms with Crippen LogP contribution >= 0.6 is 11.6 Å². The lowest BCUT2D eigenvalue weighted by Gasteiger charge is -2.36. The maximum atomic E-state index is 12.3. The van der Waals surface area contributed by atoms with Gasteiger partial charge in [0.25, 0.3) is 5.91 Å². The number of phenolic OH excluding ortho intramolecular Hbond substituents is 1. The number of nitrogens with one attached hydrogen (secondary N) is 1. The fourth-order valence-corrected chi connectivity index (χ4v) is 2.53. The average Bonchev–Trinajstić information content (AvgIpc) is 2.48. The van der Waals surface area contributed by atoms with Crippen LogP contribution in [0.2, 0.25) is 0 Å². The summed E-state index contributed by atoms with van der Waals surface area (Å²) < 4.78 is 10.2. The monoisotopic (exact) mass is 299 g/mol. The van der Waals surface area contributed by atoms with Gasteiger partial charge in [-0.15, -0.1) is 11.6 Å². The molecule has 6 heteroatoms. The molecule has 1 aliphatic heterocycles. The fourth-order valence-electron chi connectivity index (χ4n) is 2.20. The topological polar surface area (TPSA) is 67.8 Å². The third-order valence-corrected chi connectivity index (χ3v) is 4.04. The number of aromatic hydroxyl groups is 1. The SMILES string of the molecule is COc1ccc(C(=O)NC2(CCl)CCOCC2)cc1O. The molecule has 1 fully saturated rings. The lowest BCUT2D eigenvalue weighted by molar-refractivity contribution is 0.0433. The van der Waals surface area contributed by atoms with Crippen molar-refractivity contribution in [3.63, 3.8) is 0 Å². The standard InChI is InChI=1S/C14H18ClNO4/c1-19-12-3-2-10(8-11(12)17)13(18)16-14(9-15)4-6-20-7-5-14/h2-3,8,17H,4-7,9H2,1H3,(H,16,18). The number of hydrogen-bond donors (Lipinski definition) is 2. The van der Waals surface area contributed by atoms with E-state index in [0.717, 1.165) is 0 Å². The molecule has 20 heavy (non-hydrogen) atoms. The second-order valence-electron chi connectivity index (χ2n) is 4.87. The van der Waals surface area contributed by atoms with E-state index in [4.69, 9.17) is 21.1 Å². The van der Waals surface area contributed by atoms with Crippen LogP contribution in [0.3, 0.4) is 0 Å². The molecule has 2 rings (SSSR count). The molecule has 0 spiro atoms. The van der Waals surface area contributed by atoms with Crippen LogP contribution in [0, 0.1) is 0 Å². The molecule has 1 aliphatic rings. The molecule has 1 saturated heterocycles. The molecule has 110 valence electrons. The molecule has 1 amide bonds. The van der Waals surface area contributed by atoms with E-state index in [2.05, 4.69) is 5.32 Å². The summed E-state index contributed by atoms with van der Waals surface area (Å²) in [6.07, 6.45) is 1.37. The zero-order valence-corrected chi connectivity index (χ0v) is 12.1. The van der Waals surface area contributed by atoms with Crippen LogP contribution in [0.25, 0.3) is 0 Å². The van der Waals surface area contributed by atoms with E-state index in [9.17, 15) is 9.90 Å². The van der Waals surface area contributed by atoms with Crippen molar-refractivity contribution in [1.29, 1.82) is 0 Å². The summed E-state index contributed by atoms with van der Waals surface area (Å²) in [6, 6.07) is 4.55. The molecule has 0 aromatic heterocycles. The Morgan fingerprint density at radius 1 is 1.50 bits per heavy atom. The van der Waals surface area contributed by atoms with Gasteiger partial charge >= 0.3 is 0 Å². The molecule has 0 aliphatic carbocycles. The maximum Gasteiger partial charge on any atom is 0.251 e. The smallest absolute Gasteiger partial charge is 0.251 e. The zero-order chi connectivity index (χ0) is 14.6. The minimum Gasteiger partial charge on any atom is -0.504 e. The van der Waals surface area contributed by atoms with E-state index in [1.165, 1.54) is 13.2 Å². The Bertz CT molecular complexity index is 486. The van der Waals surface area contributed by atoms with E-state index < -0.39 is 5.54 Å². The molecule has 2 N–H and O–H groups in total. The summed E-state index contributed by atoms with van der Waals surface area (Å²) in [5.74, 6) is 0.349. The molecule has 0 atom stereocenters. The molecular formula is C14H18ClNO4. The molecule has 1 heterocycles. The highest BCUT2D eigenvalue weighted by Crippen LogP contribution is 2.27. The first kappa shape index (κ1) is 14.9. The van der Waals surface area contributed by atoms with Crippen LogP contribution in [0.15, 0.2) is 18.2 Å². The predicted molar refractivity (Wildman–Crippen MR) is 75.6 cm³/mol. The number of carbonyl (C=O) groups excluding carboxylic acids is 1. The van der Waals surface area contributed by atoms with Gasteiger partial charge in [0.05, 0.1) is 12.6 Å². The molecule has 1 aromatic carbocycles. The minimum atomic E-state index is -0.438. The molecule has 0 bridgehead atoms. The number of carbonyl (C=O) groups is 1. The normalized spacial score (nSPS) is 17.5. The van der Waals surface area contributed by atoms with Gasteiger partial charge in [-0.05, 0) is 31.0 Å². The van der Waals surface area contributed by atoms with Crippen molar-refractivity contribution in [2.75, 3.05) is 26.2 Å². The zero-order valence-electron chi connectivity index (χ0n) is 11.3. The lowest BCUT2D eigenvalue weighted by atomic mass is 9.92. The van der Waals surface area contributed by atoms with E-state index >= 15 is 0 Å².